The molecule has 0 unspecified atom stereocenters. The molecule has 1 N–H and O–H groups in total. The minimum absolute atomic E-state index is 0.0201. The molecule has 0 aliphatic heterocycles. The highest BCUT2D eigenvalue weighted by atomic mass is 35.5. The van der Waals surface area contributed by atoms with Crippen LogP contribution in [0.25, 0.3) is 11.5 Å². The zero-order valence-electron chi connectivity index (χ0n) is 14.8. The van der Waals surface area contributed by atoms with Crippen molar-refractivity contribution >= 4 is 29.3 Å². The zero-order valence-corrected chi connectivity index (χ0v) is 16.4. The first kappa shape index (κ1) is 19.8. The summed E-state index contributed by atoms with van der Waals surface area (Å²) in [4.78, 5) is 12.0. The van der Waals surface area contributed by atoms with Gasteiger partial charge >= 0.3 is 0 Å². The van der Waals surface area contributed by atoms with E-state index >= 15 is 0 Å². The van der Waals surface area contributed by atoms with Gasteiger partial charge in [0, 0.05) is 16.6 Å². The summed E-state index contributed by atoms with van der Waals surface area (Å²) >= 11 is 7.10. The first-order valence-electron chi connectivity index (χ1n) is 8.45. The van der Waals surface area contributed by atoms with Gasteiger partial charge in [-0.1, -0.05) is 50.1 Å². The van der Waals surface area contributed by atoms with Crippen molar-refractivity contribution in [3.05, 3.63) is 29.3 Å². The maximum atomic E-state index is 12.0. The smallest absolute Gasteiger partial charge is 0.277 e. The number of carbonyl (C=O) groups excluding carboxylic acids is 1. The lowest BCUT2D eigenvalue weighted by Gasteiger charge is -2.14. The molecule has 0 fully saturated rings. The van der Waals surface area contributed by atoms with Gasteiger partial charge in [-0.2, -0.15) is 0 Å². The van der Waals surface area contributed by atoms with Crippen LogP contribution < -0.4 is 5.32 Å². The molecule has 0 spiro atoms. The van der Waals surface area contributed by atoms with Gasteiger partial charge in [0.05, 0.1) is 5.75 Å². The average molecular weight is 382 g/mol. The molecule has 0 aliphatic carbocycles. The molecule has 0 saturated heterocycles. The van der Waals surface area contributed by atoms with Gasteiger partial charge in [-0.25, -0.2) is 0 Å². The number of nitrogens with zero attached hydrogens (tertiary/aromatic N) is 2. The summed E-state index contributed by atoms with van der Waals surface area (Å²) in [5, 5.41) is 12.0. The largest absolute Gasteiger partial charge is 0.411 e. The quantitative estimate of drug-likeness (QED) is 0.631. The fraction of sp³-hybridized carbons (Fsp3) is 0.500. The Morgan fingerprint density at radius 1 is 1.20 bits per heavy atom. The van der Waals surface area contributed by atoms with Gasteiger partial charge in [-0.3, -0.25) is 4.79 Å². The van der Waals surface area contributed by atoms with E-state index in [2.05, 4.69) is 29.4 Å². The number of rotatable bonds is 9. The Labute approximate surface area is 157 Å². The average Bonchev–Trinajstić information content (AvgIpc) is 3.02. The van der Waals surface area contributed by atoms with Crippen molar-refractivity contribution < 1.29 is 9.21 Å². The van der Waals surface area contributed by atoms with Gasteiger partial charge in [-0.05, 0) is 43.5 Å². The molecular formula is C18H24ClN3O2S. The van der Waals surface area contributed by atoms with Crippen LogP contribution >= 0.6 is 23.4 Å². The second-order valence-corrected chi connectivity index (χ2v) is 7.83. The van der Waals surface area contributed by atoms with E-state index in [1.54, 1.807) is 12.1 Å². The molecule has 1 aromatic carbocycles. The van der Waals surface area contributed by atoms with E-state index in [4.69, 9.17) is 16.0 Å². The van der Waals surface area contributed by atoms with E-state index in [0.717, 1.165) is 18.4 Å². The van der Waals surface area contributed by atoms with Crippen molar-refractivity contribution in [3.63, 3.8) is 0 Å². The standard InChI is InChI=1S/C18H24ClN3O2S/c1-12(2)5-4-6-13(3)20-16(23)11-25-18-22-21-17(24-18)14-7-9-15(19)10-8-14/h7-10,12-13H,4-6,11H2,1-3H3,(H,20,23)/t13-/m1/s1. The van der Waals surface area contributed by atoms with Crippen LogP contribution in [0.3, 0.4) is 0 Å². The number of amides is 1. The fourth-order valence-corrected chi connectivity index (χ4v) is 3.03. The van der Waals surface area contributed by atoms with E-state index in [0.29, 0.717) is 22.1 Å². The van der Waals surface area contributed by atoms with Crippen LogP contribution in [-0.4, -0.2) is 27.9 Å². The third kappa shape index (κ3) is 7.08. The van der Waals surface area contributed by atoms with E-state index in [1.165, 1.54) is 18.2 Å². The highest BCUT2D eigenvalue weighted by Crippen LogP contribution is 2.24. The number of halogens is 1. The number of aromatic nitrogens is 2. The normalized spacial score (nSPS) is 12.4. The molecule has 1 amide bonds. The van der Waals surface area contributed by atoms with Crippen LogP contribution in [0.15, 0.2) is 33.9 Å². The number of thioether (sulfide) groups is 1. The highest BCUT2D eigenvalue weighted by Gasteiger charge is 2.13. The van der Waals surface area contributed by atoms with Crippen molar-refractivity contribution in [2.45, 2.75) is 51.3 Å². The number of benzene rings is 1. The van der Waals surface area contributed by atoms with Crippen molar-refractivity contribution in [1.29, 1.82) is 0 Å². The summed E-state index contributed by atoms with van der Waals surface area (Å²) in [5.41, 5.74) is 0.798. The van der Waals surface area contributed by atoms with Crippen LogP contribution in [0.4, 0.5) is 0 Å². The maximum absolute atomic E-state index is 12.0. The Morgan fingerprint density at radius 2 is 1.92 bits per heavy atom. The Balaban J connectivity index is 1.75. The summed E-state index contributed by atoms with van der Waals surface area (Å²) < 4.78 is 5.57. The van der Waals surface area contributed by atoms with Crippen LogP contribution in [-0.2, 0) is 4.79 Å². The minimum Gasteiger partial charge on any atom is -0.411 e. The number of hydrogen-bond acceptors (Lipinski definition) is 5. The molecule has 0 aliphatic rings. The van der Waals surface area contributed by atoms with E-state index in [-0.39, 0.29) is 17.7 Å². The zero-order chi connectivity index (χ0) is 18.2. The lowest BCUT2D eigenvalue weighted by Crippen LogP contribution is -2.33. The Kier molecular flexibility index (Phi) is 7.78. The monoisotopic (exact) mass is 381 g/mol. The van der Waals surface area contributed by atoms with Crippen molar-refractivity contribution in [2.24, 2.45) is 5.92 Å². The van der Waals surface area contributed by atoms with Crippen molar-refractivity contribution in [1.82, 2.24) is 15.5 Å². The van der Waals surface area contributed by atoms with E-state index < -0.39 is 0 Å². The predicted molar refractivity (Wildman–Crippen MR) is 102 cm³/mol. The maximum Gasteiger partial charge on any atom is 0.277 e. The molecule has 1 aromatic heterocycles. The lowest BCUT2D eigenvalue weighted by molar-refractivity contribution is -0.119. The van der Waals surface area contributed by atoms with Crippen molar-refractivity contribution in [2.75, 3.05) is 5.75 Å². The summed E-state index contributed by atoms with van der Waals surface area (Å²) in [6.45, 7) is 6.46. The van der Waals surface area contributed by atoms with E-state index in [9.17, 15) is 4.79 Å². The van der Waals surface area contributed by atoms with Gasteiger partial charge in [0.1, 0.15) is 0 Å². The van der Waals surface area contributed by atoms with Crippen molar-refractivity contribution in [3.8, 4) is 11.5 Å². The van der Waals surface area contributed by atoms with Crippen LogP contribution in [0.2, 0.25) is 5.02 Å². The summed E-state index contributed by atoms with van der Waals surface area (Å²) in [5.74, 6) is 1.36. The molecular weight excluding hydrogens is 358 g/mol. The molecule has 1 atom stereocenters. The molecule has 2 rings (SSSR count). The van der Waals surface area contributed by atoms with Crippen LogP contribution in [0.1, 0.15) is 40.0 Å². The third-order valence-corrected chi connectivity index (χ3v) is 4.72. The van der Waals surface area contributed by atoms with Gasteiger partial charge < -0.3 is 9.73 Å². The van der Waals surface area contributed by atoms with Gasteiger partial charge in [-0.15, -0.1) is 10.2 Å². The molecule has 0 radical (unpaired) electrons. The number of hydrogen-bond donors (Lipinski definition) is 1. The Morgan fingerprint density at radius 3 is 2.60 bits per heavy atom. The van der Waals surface area contributed by atoms with Gasteiger partial charge in [0.25, 0.3) is 5.22 Å². The SMILES string of the molecule is CC(C)CCC[C@@H](C)NC(=O)CSc1nnc(-c2ccc(Cl)cc2)o1. The molecule has 0 saturated carbocycles. The Hall–Kier alpha value is -1.53. The third-order valence-electron chi connectivity index (χ3n) is 3.65. The lowest BCUT2D eigenvalue weighted by atomic mass is 10.0. The first-order valence-corrected chi connectivity index (χ1v) is 9.82. The van der Waals surface area contributed by atoms with Gasteiger partial charge in [0.2, 0.25) is 11.8 Å². The van der Waals surface area contributed by atoms with E-state index in [1.807, 2.05) is 19.1 Å². The highest BCUT2D eigenvalue weighted by molar-refractivity contribution is 7.99. The molecule has 5 nitrogen and oxygen atoms in total. The van der Waals surface area contributed by atoms with Crippen LogP contribution in [0, 0.1) is 5.92 Å². The molecule has 136 valence electrons. The summed E-state index contributed by atoms with van der Waals surface area (Å²) in [7, 11) is 0. The predicted octanol–water partition coefficient (Wildman–Crippen LogP) is 4.81. The van der Waals surface area contributed by atoms with Crippen LogP contribution in [0.5, 0.6) is 0 Å². The molecule has 7 heteroatoms. The second kappa shape index (κ2) is 9.82. The number of nitrogens with one attached hydrogen (secondary N) is 1. The topological polar surface area (TPSA) is 68.0 Å². The Bertz CT molecular complexity index is 673. The molecule has 1 heterocycles. The fourth-order valence-electron chi connectivity index (χ4n) is 2.33. The molecule has 2 aromatic rings. The summed E-state index contributed by atoms with van der Waals surface area (Å²) in [6.07, 6.45) is 3.31. The first-order chi connectivity index (χ1) is 11.9. The minimum atomic E-state index is -0.0201. The number of carbonyl (C=O) groups is 1. The molecule has 25 heavy (non-hydrogen) atoms. The van der Waals surface area contributed by atoms with Gasteiger partial charge in [0.15, 0.2) is 0 Å². The second-order valence-electron chi connectivity index (χ2n) is 6.46. The summed E-state index contributed by atoms with van der Waals surface area (Å²) in [6, 6.07) is 7.34. The molecule has 0 bridgehead atoms.